The summed E-state index contributed by atoms with van der Waals surface area (Å²) in [6, 6.07) is 0. The van der Waals surface area contributed by atoms with Gasteiger partial charge in [0, 0.05) is 0 Å². The Labute approximate surface area is 50.6 Å². The molecule has 0 atom stereocenters. The van der Waals surface area contributed by atoms with E-state index in [0.717, 1.165) is 5.92 Å². The van der Waals surface area contributed by atoms with Gasteiger partial charge in [0.25, 0.3) is 0 Å². The Bertz CT molecular complexity index is 127. The SMILES string of the molecule is C=C(C)C12CC(C1)C2. The fraction of sp³-hybridized carbons (Fsp3) is 0.750. The van der Waals surface area contributed by atoms with Crippen molar-refractivity contribution in [1.82, 2.24) is 0 Å². The second-order valence-corrected chi connectivity index (χ2v) is 3.54. The minimum Gasteiger partial charge on any atom is -0.0996 e. The van der Waals surface area contributed by atoms with Gasteiger partial charge in [0.15, 0.2) is 0 Å². The van der Waals surface area contributed by atoms with Gasteiger partial charge >= 0.3 is 0 Å². The van der Waals surface area contributed by atoms with Gasteiger partial charge in [0.1, 0.15) is 0 Å². The van der Waals surface area contributed by atoms with Gasteiger partial charge in [0.2, 0.25) is 0 Å². The van der Waals surface area contributed by atoms with Crippen molar-refractivity contribution in [3.63, 3.8) is 0 Å². The van der Waals surface area contributed by atoms with Crippen LogP contribution in [0.4, 0.5) is 0 Å². The molecule has 0 aromatic heterocycles. The van der Waals surface area contributed by atoms with Gasteiger partial charge < -0.3 is 0 Å². The molecule has 8 heavy (non-hydrogen) atoms. The van der Waals surface area contributed by atoms with Crippen LogP contribution in [0.1, 0.15) is 26.2 Å². The van der Waals surface area contributed by atoms with Gasteiger partial charge in [-0.3, -0.25) is 0 Å². The molecular weight excluding hydrogens is 96.1 g/mol. The predicted octanol–water partition coefficient (Wildman–Crippen LogP) is 2.36. The smallest absolute Gasteiger partial charge is 0.00856 e. The lowest BCUT2D eigenvalue weighted by molar-refractivity contribution is -0.0704. The highest BCUT2D eigenvalue weighted by molar-refractivity contribution is 5.22. The quantitative estimate of drug-likeness (QED) is 0.452. The van der Waals surface area contributed by atoms with Gasteiger partial charge in [-0.25, -0.2) is 0 Å². The first-order valence-corrected chi connectivity index (χ1v) is 3.39. The van der Waals surface area contributed by atoms with E-state index in [1.54, 1.807) is 0 Å². The van der Waals surface area contributed by atoms with Crippen LogP contribution in [0.25, 0.3) is 0 Å². The summed E-state index contributed by atoms with van der Waals surface area (Å²) >= 11 is 0. The third kappa shape index (κ3) is 0.300. The van der Waals surface area contributed by atoms with Gasteiger partial charge in [-0.2, -0.15) is 0 Å². The second-order valence-electron chi connectivity index (χ2n) is 3.54. The highest BCUT2D eigenvalue weighted by Crippen LogP contribution is 2.67. The number of hydrogen-bond acceptors (Lipinski definition) is 0. The molecule has 2 bridgehead atoms. The van der Waals surface area contributed by atoms with E-state index in [4.69, 9.17) is 0 Å². The lowest BCUT2D eigenvalue weighted by atomic mass is 9.42. The lowest BCUT2D eigenvalue weighted by Crippen LogP contribution is -2.52. The third-order valence-electron chi connectivity index (χ3n) is 2.94. The van der Waals surface area contributed by atoms with Crippen LogP contribution in [0, 0.1) is 11.3 Å². The summed E-state index contributed by atoms with van der Waals surface area (Å²) < 4.78 is 0. The molecule has 0 nitrogen and oxygen atoms in total. The maximum absolute atomic E-state index is 3.99. The normalized spacial score (nSPS) is 49.4. The zero-order chi connectivity index (χ0) is 5.78. The first-order valence-electron chi connectivity index (χ1n) is 3.39. The Hall–Kier alpha value is -0.260. The summed E-state index contributed by atoms with van der Waals surface area (Å²) in [7, 11) is 0. The molecule has 0 amide bonds. The van der Waals surface area contributed by atoms with Gasteiger partial charge in [0.05, 0.1) is 0 Å². The summed E-state index contributed by atoms with van der Waals surface area (Å²) in [5.41, 5.74) is 2.10. The van der Waals surface area contributed by atoms with Crippen LogP contribution in [0.2, 0.25) is 0 Å². The fourth-order valence-corrected chi connectivity index (χ4v) is 2.00. The standard InChI is InChI=1S/C8H12/c1-6(2)8-3-7(4-8)5-8/h7H,1,3-5H2,2H3. The van der Waals surface area contributed by atoms with E-state index in [2.05, 4.69) is 13.5 Å². The second kappa shape index (κ2) is 1.02. The van der Waals surface area contributed by atoms with Crippen molar-refractivity contribution in [3.8, 4) is 0 Å². The van der Waals surface area contributed by atoms with E-state index in [-0.39, 0.29) is 0 Å². The van der Waals surface area contributed by atoms with Crippen LogP contribution >= 0.6 is 0 Å². The molecule has 0 aromatic rings. The van der Waals surface area contributed by atoms with Crippen molar-refractivity contribution >= 4 is 0 Å². The highest BCUT2D eigenvalue weighted by Gasteiger charge is 2.56. The van der Waals surface area contributed by atoms with Crippen molar-refractivity contribution < 1.29 is 0 Å². The molecule has 0 heteroatoms. The first-order chi connectivity index (χ1) is 3.73. The average molecular weight is 108 g/mol. The first kappa shape index (κ1) is 4.60. The summed E-state index contributed by atoms with van der Waals surface area (Å²) in [5, 5.41) is 0. The van der Waals surface area contributed by atoms with Crippen LogP contribution < -0.4 is 0 Å². The van der Waals surface area contributed by atoms with Gasteiger partial charge in [-0.15, -0.1) is 0 Å². The van der Waals surface area contributed by atoms with Crippen LogP contribution in [-0.4, -0.2) is 0 Å². The fourth-order valence-electron chi connectivity index (χ4n) is 2.00. The van der Waals surface area contributed by atoms with Crippen LogP contribution in [0.15, 0.2) is 12.2 Å². The molecule has 3 fully saturated rings. The molecule has 0 aromatic carbocycles. The molecule has 0 saturated heterocycles. The summed E-state index contributed by atoms with van der Waals surface area (Å²) in [4.78, 5) is 0. The summed E-state index contributed by atoms with van der Waals surface area (Å²) in [6.45, 7) is 6.16. The lowest BCUT2D eigenvalue weighted by Gasteiger charge is -2.62. The Morgan fingerprint density at radius 3 is 2.00 bits per heavy atom. The molecule has 3 aliphatic rings. The molecular formula is C8H12. The Morgan fingerprint density at radius 1 is 1.50 bits per heavy atom. The molecule has 0 spiro atoms. The van der Waals surface area contributed by atoms with Crippen molar-refractivity contribution in [2.24, 2.45) is 11.3 Å². The van der Waals surface area contributed by atoms with Crippen molar-refractivity contribution in [3.05, 3.63) is 12.2 Å². The maximum atomic E-state index is 3.99. The average Bonchev–Trinajstić information content (AvgIpc) is 1.16. The van der Waals surface area contributed by atoms with Gasteiger partial charge in [-0.05, 0) is 37.5 Å². The molecule has 3 saturated carbocycles. The molecule has 0 unspecified atom stereocenters. The highest BCUT2D eigenvalue weighted by atomic mass is 14.6. The molecule has 44 valence electrons. The predicted molar refractivity (Wildman–Crippen MR) is 34.6 cm³/mol. The van der Waals surface area contributed by atoms with Crippen LogP contribution in [-0.2, 0) is 0 Å². The number of rotatable bonds is 1. The van der Waals surface area contributed by atoms with E-state index in [1.807, 2.05) is 0 Å². The van der Waals surface area contributed by atoms with Crippen molar-refractivity contribution in [2.75, 3.05) is 0 Å². The maximum Gasteiger partial charge on any atom is -0.00856 e. The number of allylic oxidation sites excluding steroid dienone is 1. The minimum atomic E-state index is 0.671. The topological polar surface area (TPSA) is 0 Å². The zero-order valence-electron chi connectivity index (χ0n) is 5.41. The molecule has 3 rings (SSSR count). The monoisotopic (exact) mass is 108 g/mol. The molecule has 0 radical (unpaired) electrons. The molecule has 3 aliphatic carbocycles. The third-order valence-corrected chi connectivity index (χ3v) is 2.94. The van der Waals surface area contributed by atoms with Crippen molar-refractivity contribution in [2.45, 2.75) is 26.2 Å². The molecule has 0 heterocycles. The van der Waals surface area contributed by atoms with E-state index in [1.165, 1.54) is 24.8 Å². The Morgan fingerprint density at radius 2 is 2.00 bits per heavy atom. The minimum absolute atomic E-state index is 0.671. The Balaban J connectivity index is 2.15. The van der Waals surface area contributed by atoms with E-state index >= 15 is 0 Å². The van der Waals surface area contributed by atoms with Crippen LogP contribution in [0.3, 0.4) is 0 Å². The largest absolute Gasteiger partial charge is 0.0996 e. The molecule has 0 aliphatic heterocycles. The van der Waals surface area contributed by atoms with E-state index in [0.29, 0.717) is 5.41 Å². The number of hydrogen-bond donors (Lipinski definition) is 0. The van der Waals surface area contributed by atoms with Crippen molar-refractivity contribution in [1.29, 1.82) is 0 Å². The van der Waals surface area contributed by atoms with Crippen LogP contribution in [0.5, 0.6) is 0 Å². The molecule has 0 N–H and O–H groups in total. The summed E-state index contributed by atoms with van der Waals surface area (Å²) in [5.74, 6) is 1.10. The van der Waals surface area contributed by atoms with Gasteiger partial charge in [-0.1, -0.05) is 12.2 Å². The zero-order valence-corrected chi connectivity index (χ0v) is 5.41. The Kier molecular flexibility index (Phi) is 0.588. The summed E-state index contributed by atoms with van der Waals surface area (Å²) in [6.07, 6.45) is 4.38. The van der Waals surface area contributed by atoms with E-state index in [9.17, 15) is 0 Å². The van der Waals surface area contributed by atoms with E-state index < -0.39 is 0 Å².